The van der Waals surface area contributed by atoms with Gasteiger partial charge in [-0.05, 0) is 36.9 Å². The molecular formula is C27H34N6O4S. The van der Waals surface area contributed by atoms with Crippen molar-refractivity contribution in [3.8, 4) is 17.1 Å². The van der Waals surface area contributed by atoms with Crippen molar-refractivity contribution in [3.63, 3.8) is 0 Å². The van der Waals surface area contributed by atoms with Gasteiger partial charge in [-0.1, -0.05) is 30.3 Å². The molecule has 0 unspecified atom stereocenters. The summed E-state index contributed by atoms with van der Waals surface area (Å²) < 4.78 is 28.7. The van der Waals surface area contributed by atoms with Crippen molar-refractivity contribution in [1.82, 2.24) is 19.9 Å². The van der Waals surface area contributed by atoms with Crippen molar-refractivity contribution in [1.29, 1.82) is 0 Å². The molecule has 202 valence electrons. The molecule has 2 heterocycles. The van der Waals surface area contributed by atoms with Crippen molar-refractivity contribution < 1.29 is 18.0 Å². The second kappa shape index (κ2) is 12.3. The van der Waals surface area contributed by atoms with Gasteiger partial charge in [0.05, 0.1) is 31.6 Å². The third-order valence-corrected chi connectivity index (χ3v) is 7.17. The molecule has 0 bridgehead atoms. The first kappa shape index (κ1) is 27.5. The molecule has 1 aliphatic rings. The zero-order chi connectivity index (χ0) is 27.1. The molecule has 4 rings (SSSR count). The smallest absolute Gasteiger partial charge is 0.161 e. The van der Waals surface area contributed by atoms with E-state index in [1.165, 1.54) is 6.26 Å². The van der Waals surface area contributed by atoms with Crippen LogP contribution in [0.3, 0.4) is 0 Å². The van der Waals surface area contributed by atoms with Gasteiger partial charge in [0, 0.05) is 36.9 Å². The topological polar surface area (TPSA) is 123 Å². The molecule has 0 saturated heterocycles. The van der Waals surface area contributed by atoms with Gasteiger partial charge in [-0.15, -0.1) is 0 Å². The van der Waals surface area contributed by atoms with E-state index in [1.807, 2.05) is 66.5 Å². The van der Waals surface area contributed by atoms with Crippen molar-refractivity contribution in [2.24, 2.45) is 4.99 Å². The highest BCUT2D eigenvalue weighted by atomic mass is 32.2. The van der Waals surface area contributed by atoms with Gasteiger partial charge in [0.25, 0.3) is 0 Å². The summed E-state index contributed by atoms with van der Waals surface area (Å²) in [5.41, 5.74) is 9.95. The summed E-state index contributed by atoms with van der Waals surface area (Å²) in [6.07, 6.45) is 1.69. The number of hydrogen-bond acceptors (Lipinski definition) is 9. The number of anilines is 1. The van der Waals surface area contributed by atoms with E-state index < -0.39 is 9.84 Å². The number of fused-ring (bicyclic) bond motifs is 1. The maximum Gasteiger partial charge on any atom is 0.161 e. The molecule has 10 nitrogen and oxygen atoms in total. The van der Waals surface area contributed by atoms with E-state index in [-0.39, 0.29) is 5.75 Å². The Morgan fingerprint density at radius 2 is 1.82 bits per heavy atom. The summed E-state index contributed by atoms with van der Waals surface area (Å²) in [6, 6.07) is 17.7. The third kappa shape index (κ3) is 7.50. The Kier molecular flexibility index (Phi) is 8.93. The molecule has 0 fully saturated rings. The van der Waals surface area contributed by atoms with E-state index in [9.17, 15) is 8.42 Å². The number of ether oxygens (including phenoxy) is 1. The molecule has 38 heavy (non-hydrogen) atoms. The molecular weight excluding hydrogens is 504 g/mol. The first-order chi connectivity index (χ1) is 18.2. The molecule has 0 radical (unpaired) electrons. The number of sulfone groups is 1. The predicted octanol–water partition coefficient (Wildman–Crippen LogP) is 2.60. The maximum atomic E-state index is 11.4. The summed E-state index contributed by atoms with van der Waals surface area (Å²) in [7, 11) is 0.481. The van der Waals surface area contributed by atoms with Crippen LogP contribution in [0.2, 0.25) is 0 Å². The van der Waals surface area contributed by atoms with Crippen LogP contribution < -0.4 is 10.5 Å². The molecule has 2 N–H and O–H groups in total. The number of hydroxylamine groups is 2. The van der Waals surface area contributed by atoms with E-state index in [0.29, 0.717) is 50.8 Å². The number of aliphatic imine (C=N–C) groups is 1. The fourth-order valence-electron chi connectivity index (χ4n) is 4.00. The highest BCUT2D eigenvalue weighted by Gasteiger charge is 2.26. The molecule has 2 aromatic carbocycles. The Labute approximate surface area is 224 Å². The summed E-state index contributed by atoms with van der Waals surface area (Å²) >= 11 is 0. The Hall–Kier alpha value is -3.54. The molecule has 0 spiro atoms. The van der Waals surface area contributed by atoms with Crippen LogP contribution in [0.4, 0.5) is 5.82 Å². The number of aromatic nitrogens is 2. The summed E-state index contributed by atoms with van der Waals surface area (Å²) in [5.74, 6) is 2.58. The molecule has 1 aromatic heterocycles. The summed E-state index contributed by atoms with van der Waals surface area (Å²) in [5, 5.41) is 1.70. The number of amidine groups is 1. The molecule has 11 heteroatoms. The lowest BCUT2D eigenvalue weighted by atomic mass is 10.0. The number of nitrogen functional groups attached to an aromatic ring is 1. The zero-order valence-corrected chi connectivity index (χ0v) is 22.8. The van der Waals surface area contributed by atoms with Gasteiger partial charge in [-0.25, -0.2) is 23.4 Å². The van der Waals surface area contributed by atoms with Crippen LogP contribution >= 0.6 is 0 Å². The fourth-order valence-corrected chi connectivity index (χ4v) is 4.65. The quantitative estimate of drug-likeness (QED) is 0.392. The van der Waals surface area contributed by atoms with Crippen molar-refractivity contribution in [2.75, 3.05) is 51.5 Å². The Morgan fingerprint density at radius 3 is 2.50 bits per heavy atom. The predicted molar refractivity (Wildman–Crippen MR) is 148 cm³/mol. The van der Waals surface area contributed by atoms with E-state index in [1.54, 1.807) is 12.2 Å². The van der Waals surface area contributed by atoms with Gasteiger partial charge in [0.15, 0.2) is 5.82 Å². The number of nitrogens with two attached hydrogens (primary N) is 1. The first-order valence-corrected chi connectivity index (χ1v) is 14.4. The average molecular weight is 539 g/mol. The van der Waals surface area contributed by atoms with Gasteiger partial charge in [0.1, 0.15) is 33.8 Å². The van der Waals surface area contributed by atoms with E-state index >= 15 is 0 Å². The molecule has 0 amide bonds. The molecule has 0 saturated carbocycles. The van der Waals surface area contributed by atoms with Gasteiger partial charge < -0.3 is 15.4 Å². The van der Waals surface area contributed by atoms with Crippen LogP contribution in [0.1, 0.15) is 16.8 Å². The molecule has 1 aliphatic heterocycles. The highest BCUT2D eigenvalue weighted by molar-refractivity contribution is 7.90. The van der Waals surface area contributed by atoms with E-state index in [0.717, 1.165) is 34.0 Å². The SMILES string of the molecule is CON1Cc2nc(-c3ccc(OCc4ccccc4)cc3)nc(N)c2CC1=NCCN(C)CCS(C)(=O)=O. The zero-order valence-electron chi connectivity index (χ0n) is 22.0. The van der Waals surface area contributed by atoms with Crippen molar-refractivity contribution >= 4 is 21.5 Å². The largest absolute Gasteiger partial charge is 0.489 e. The normalized spacial score (nSPS) is 14.6. The second-order valence-corrected chi connectivity index (χ2v) is 11.5. The van der Waals surface area contributed by atoms with Crippen LogP contribution in [0.5, 0.6) is 5.75 Å². The lowest BCUT2D eigenvalue weighted by Gasteiger charge is -2.30. The molecule has 3 aromatic rings. The summed E-state index contributed by atoms with van der Waals surface area (Å²) in [4.78, 5) is 21.6. The number of nitrogens with zero attached hydrogens (tertiary/aromatic N) is 5. The molecule has 0 aliphatic carbocycles. The maximum absolute atomic E-state index is 11.4. The lowest BCUT2D eigenvalue weighted by molar-refractivity contribution is -0.0771. The minimum absolute atomic E-state index is 0.122. The number of rotatable bonds is 11. The number of benzene rings is 2. The Balaban J connectivity index is 1.42. The Bertz CT molecular complexity index is 1360. The first-order valence-electron chi connectivity index (χ1n) is 12.4. The second-order valence-electron chi connectivity index (χ2n) is 9.28. The van der Waals surface area contributed by atoms with Crippen LogP contribution in [-0.4, -0.2) is 80.0 Å². The van der Waals surface area contributed by atoms with Crippen LogP contribution in [-0.2, 0) is 34.2 Å². The highest BCUT2D eigenvalue weighted by Crippen LogP contribution is 2.27. The monoisotopic (exact) mass is 538 g/mol. The van der Waals surface area contributed by atoms with Gasteiger partial charge in [0.2, 0.25) is 0 Å². The molecule has 0 atom stereocenters. The van der Waals surface area contributed by atoms with Crippen LogP contribution in [0.15, 0.2) is 59.6 Å². The van der Waals surface area contributed by atoms with Crippen molar-refractivity contribution in [3.05, 3.63) is 71.4 Å². The van der Waals surface area contributed by atoms with Crippen LogP contribution in [0, 0.1) is 0 Å². The van der Waals surface area contributed by atoms with E-state index in [4.69, 9.17) is 25.3 Å². The van der Waals surface area contributed by atoms with Gasteiger partial charge in [-0.2, -0.15) is 0 Å². The number of hydrogen-bond donors (Lipinski definition) is 1. The minimum atomic E-state index is -2.99. The average Bonchev–Trinajstić information content (AvgIpc) is 2.91. The van der Waals surface area contributed by atoms with E-state index in [2.05, 4.69) is 4.98 Å². The van der Waals surface area contributed by atoms with Crippen molar-refractivity contribution in [2.45, 2.75) is 19.6 Å². The fraction of sp³-hybridized carbons (Fsp3) is 0.370. The third-order valence-electron chi connectivity index (χ3n) is 6.24. The van der Waals surface area contributed by atoms with Crippen LogP contribution in [0.25, 0.3) is 11.4 Å². The lowest BCUT2D eigenvalue weighted by Crippen LogP contribution is -2.37. The van der Waals surface area contributed by atoms with Gasteiger partial charge >= 0.3 is 0 Å². The summed E-state index contributed by atoms with van der Waals surface area (Å²) in [6.45, 7) is 2.48. The number of likely N-dealkylation sites (N-methyl/N-ethyl adjacent to an activating group) is 1. The minimum Gasteiger partial charge on any atom is -0.489 e. The van der Waals surface area contributed by atoms with Gasteiger partial charge in [-0.3, -0.25) is 9.83 Å². The standard InChI is InChI=1S/C27H34N6O4S/c1-32(15-16-38(3,34)35)14-13-29-25-17-23-24(18-33(25)36-2)30-27(31-26(23)28)21-9-11-22(12-10-21)37-19-20-7-5-4-6-8-20/h4-12H,13-19H2,1-3H3,(H2,28,30,31). The Morgan fingerprint density at radius 1 is 1.08 bits per heavy atom.